The van der Waals surface area contributed by atoms with Gasteiger partial charge in [-0.25, -0.2) is 0 Å². The normalized spacial score (nSPS) is 11.3. The van der Waals surface area contributed by atoms with Gasteiger partial charge in [0.1, 0.15) is 5.52 Å². The molecule has 3 rings (SSSR count). The Morgan fingerprint density at radius 1 is 1.00 bits per heavy atom. The number of hydrogen-bond donors (Lipinski definition) is 0. The van der Waals surface area contributed by atoms with Crippen LogP contribution in [0.2, 0.25) is 0 Å². The van der Waals surface area contributed by atoms with Crippen LogP contribution in [0.1, 0.15) is 17.0 Å². The quantitative estimate of drug-likeness (QED) is 0.393. The molecule has 0 radical (unpaired) electrons. The molecule has 0 bridgehead atoms. The number of aromatic nitrogens is 2. The molecule has 3 aromatic rings. The standard InChI is InChI=1S/C14H7N5O4S.Na.H/c15-7-11(8-1-3-9(4-2-8)18(20)21)10-5-6-12(19(22)23)14-13(10)16-24-17-14;;/h1-6,11H;;. The van der Waals surface area contributed by atoms with Crippen molar-refractivity contribution in [3.63, 3.8) is 0 Å². The number of nitro benzene ring substituents is 2. The van der Waals surface area contributed by atoms with Gasteiger partial charge in [0, 0.05) is 23.8 Å². The molecule has 1 atom stereocenters. The summed E-state index contributed by atoms with van der Waals surface area (Å²) in [4.78, 5) is 20.7. The van der Waals surface area contributed by atoms with Gasteiger partial charge in [-0.15, -0.1) is 0 Å². The number of rotatable bonds is 4. The summed E-state index contributed by atoms with van der Waals surface area (Å²) in [6.07, 6.45) is 0. The molecule has 0 aliphatic heterocycles. The summed E-state index contributed by atoms with van der Waals surface area (Å²) in [6, 6.07) is 10.5. The molecule has 0 N–H and O–H groups in total. The maximum absolute atomic E-state index is 11.0. The molecule has 0 fully saturated rings. The second-order valence-corrected chi connectivity index (χ2v) is 5.33. The average Bonchev–Trinajstić information content (AvgIpc) is 3.05. The van der Waals surface area contributed by atoms with Crippen LogP contribution < -0.4 is 0 Å². The monoisotopic (exact) mass is 365 g/mol. The van der Waals surface area contributed by atoms with Gasteiger partial charge in [0.05, 0.1) is 33.6 Å². The minimum atomic E-state index is -0.766. The zero-order valence-electron chi connectivity index (χ0n) is 11.8. The number of nitrogens with zero attached hydrogens (tertiary/aromatic N) is 5. The number of non-ortho nitro benzene ring substituents is 2. The van der Waals surface area contributed by atoms with Crippen LogP contribution in [-0.4, -0.2) is 48.2 Å². The van der Waals surface area contributed by atoms with Gasteiger partial charge >= 0.3 is 29.6 Å². The van der Waals surface area contributed by atoms with E-state index in [0.717, 1.165) is 11.7 Å². The summed E-state index contributed by atoms with van der Waals surface area (Å²) < 4.78 is 8.01. The summed E-state index contributed by atoms with van der Waals surface area (Å²) in [5.41, 5.74) is 1.17. The van der Waals surface area contributed by atoms with E-state index in [1.165, 1.54) is 36.4 Å². The molecular weight excluding hydrogens is 357 g/mol. The SMILES string of the molecule is N#CC(c1ccc([N+](=O)[O-])cc1)c1ccc([N+](=O)[O-])c2nsnc12.[NaH]. The van der Waals surface area contributed by atoms with Gasteiger partial charge in [-0.05, 0) is 11.6 Å². The molecule has 1 unspecified atom stereocenters. The van der Waals surface area contributed by atoms with Crippen molar-refractivity contribution >= 4 is 63.7 Å². The molecule has 0 aliphatic rings. The van der Waals surface area contributed by atoms with E-state index in [4.69, 9.17) is 0 Å². The van der Waals surface area contributed by atoms with E-state index < -0.39 is 15.8 Å². The Kier molecular flexibility index (Phi) is 5.76. The van der Waals surface area contributed by atoms with E-state index in [0.29, 0.717) is 16.6 Å². The Morgan fingerprint density at radius 3 is 2.20 bits per heavy atom. The third-order valence-electron chi connectivity index (χ3n) is 3.50. The van der Waals surface area contributed by atoms with Crippen LogP contribution in [-0.2, 0) is 0 Å². The first-order valence-electron chi connectivity index (χ1n) is 6.56. The molecule has 0 saturated carbocycles. The zero-order valence-corrected chi connectivity index (χ0v) is 12.6. The fourth-order valence-electron chi connectivity index (χ4n) is 2.37. The van der Waals surface area contributed by atoms with Gasteiger partial charge < -0.3 is 0 Å². The van der Waals surface area contributed by atoms with Crippen molar-refractivity contribution in [2.45, 2.75) is 5.92 Å². The fourth-order valence-corrected chi connectivity index (χ4v) is 2.94. The van der Waals surface area contributed by atoms with E-state index in [1.807, 2.05) is 0 Å². The first kappa shape index (κ1) is 18.9. The molecule has 11 heteroatoms. The van der Waals surface area contributed by atoms with E-state index in [1.54, 1.807) is 0 Å². The van der Waals surface area contributed by atoms with Crippen molar-refractivity contribution < 1.29 is 9.85 Å². The molecule has 0 amide bonds. The molecule has 0 spiro atoms. The molecule has 0 aliphatic carbocycles. The fraction of sp³-hybridized carbons (Fsp3) is 0.0714. The number of hydrogen-bond acceptors (Lipinski definition) is 8. The minimum absolute atomic E-state index is 0. The molecule has 1 heterocycles. The summed E-state index contributed by atoms with van der Waals surface area (Å²) >= 11 is 0.825. The summed E-state index contributed by atoms with van der Waals surface area (Å²) in [7, 11) is 0. The van der Waals surface area contributed by atoms with E-state index >= 15 is 0 Å². The van der Waals surface area contributed by atoms with Gasteiger partial charge in [-0.2, -0.15) is 14.0 Å². The third kappa shape index (κ3) is 3.49. The van der Waals surface area contributed by atoms with Crippen molar-refractivity contribution in [1.82, 2.24) is 8.75 Å². The molecule has 9 nitrogen and oxygen atoms in total. The van der Waals surface area contributed by atoms with Crippen molar-refractivity contribution in [1.29, 1.82) is 5.26 Å². The van der Waals surface area contributed by atoms with Crippen LogP contribution in [0.3, 0.4) is 0 Å². The summed E-state index contributed by atoms with van der Waals surface area (Å²) in [6.45, 7) is 0. The predicted octanol–water partition coefficient (Wildman–Crippen LogP) is 2.51. The number of benzene rings is 2. The van der Waals surface area contributed by atoms with Gasteiger partial charge in [-0.1, -0.05) is 12.1 Å². The first-order chi connectivity index (χ1) is 11.5. The van der Waals surface area contributed by atoms with Gasteiger partial charge in [0.25, 0.3) is 11.4 Å². The van der Waals surface area contributed by atoms with E-state index in [9.17, 15) is 25.5 Å². The Labute approximate surface area is 166 Å². The van der Waals surface area contributed by atoms with Gasteiger partial charge in [0.15, 0.2) is 5.52 Å². The number of nitro groups is 2. The molecular formula is C14H8N5NaO4S. The number of fused-ring (bicyclic) bond motifs is 1. The second-order valence-electron chi connectivity index (χ2n) is 4.80. The van der Waals surface area contributed by atoms with Crippen LogP contribution >= 0.6 is 11.7 Å². The second kappa shape index (κ2) is 7.62. The predicted molar refractivity (Wildman–Crippen MR) is 91.8 cm³/mol. The zero-order chi connectivity index (χ0) is 17.3. The molecule has 0 saturated heterocycles. The van der Waals surface area contributed by atoms with Crippen LogP contribution in [0.4, 0.5) is 11.4 Å². The third-order valence-corrected chi connectivity index (χ3v) is 4.03. The van der Waals surface area contributed by atoms with E-state index in [2.05, 4.69) is 14.8 Å². The molecule has 120 valence electrons. The Morgan fingerprint density at radius 2 is 1.64 bits per heavy atom. The molecule has 2 aromatic carbocycles. The van der Waals surface area contributed by atoms with Gasteiger partial charge in [0.2, 0.25) is 0 Å². The summed E-state index contributed by atoms with van der Waals surface area (Å²) in [5.74, 6) is -0.766. The van der Waals surface area contributed by atoms with Crippen molar-refractivity contribution in [2.75, 3.05) is 0 Å². The van der Waals surface area contributed by atoms with Crippen LogP contribution in [0, 0.1) is 31.6 Å². The van der Waals surface area contributed by atoms with Crippen LogP contribution in [0.5, 0.6) is 0 Å². The molecule has 25 heavy (non-hydrogen) atoms. The Balaban J connectivity index is 0.00000225. The average molecular weight is 365 g/mol. The van der Waals surface area contributed by atoms with E-state index in [-0.39, 0.29) is 46.4 Å². The van der Waals surface area contributed by atoms with Crippen LogP contribution in [0.25, 0.3) is 11.0 Å². The summed E-state index contributed by atoms with van der Waals surface area (Å²) in [5, 5.41) is 31.3. The number of nitriles is 1. The van der Waals surface area contributed by atoms with Gasteiger partial charge in [-0.3, -0.25) is 20.2 Å². The van der Waals surface area contributed by atoms with Crippen LogP contribution in [0.15, 0.2) is 36.4 Å². The maximum atomic E-state index is 11.0. The topological polar surface area (TPSA) is 136 Å². The van der Waals surface area contributed by atoms with Crippen molar-refractivity contribution in [3.8, 4) is 6.07 Å². The van der Waals surface area contributed by atoms with Crippen molar-refractivity contribution in [2.24, 2.45) is 0 Å². The van der Waals surface area contributed by atoms with Crippen molar-refractivity contribution in [3.05, 3.63) is 67.8 Å². The first-order valence-corrected chi connectivity index (χ1v) is 7.29. The molecule has 1 aromatic heterocycles. The Bertz CT molecular complexity index is 999. The Hall–Kier alpha value is -2.45.